The molecular formula is C36H26N4O3. The van der Waals surface area contributed by atoms with Crippen LogP contribution in [0.1, 0.15) is 22.3 Å². The Kier molecular flexibility index (Phi) is 7.46. The van der Waals surface area contributed by atoms with Crippen molar-refractivity contribution in [3.63, 3.8) is 0 Å². The van der Waals surface area contributed by atoms with Crippen LogP contribution in [0, 0.1) is 22.7 Å². The molecule has 208 valence electrons. The number of aromatic nitrogens is 1. The summed E-state index contributed by atoms with van der Waals surface area (Å²) in [5.74, 6) is 2.18. The van der Waals surface area contributed by atoms with E-state index in [-0.39, 0.29) is 5.88 Å². The van der Waals surface area contributed by atoms with Crippen LogP contribution in [0.3, 0.4) is 0 Å². The molecule has 0 N–H and O–H groups in total. The monoisotopic (exact) mass is 562 g/mol. The number of methoxy groups -OCH3 is 2. The van der Waals surface area contributed by atoms with E-state index in [4.69, 9.17) is 18.9 Å². The molecule has 7 nitrogen and oxygen atoms in total. The van der Waals surface area contributed by atoms with Gasteiger partial charge in [-0.3, -0.25) is 0 Å². The summed E-state index contributed by atoms with van der Waals surface area (Å²) in [5.41, 5.74) is 6.02. The Labute approximate surface area is 249 Å². The van der Waals surface area contributed by atoms with Crippen LogP contribution in [0.2, 0.25) is 0 Å². The quantitative estimate of drug-likeness (QED) is 0.175. The highest BCUT2D eigenvalue weighted by molar-refractivity contribution is 6.00. The summed E-state index contributed by atoms with van der Waals surface area (Å²) in [6, 6.07) is 35.2. The third kappa shape index (κ3) is 5.24. The van der Waals surface area contributed by atoms with Crippen molar-refractivity contribution in [3.8, 4) is 46.1 Å². The molecular weight excluding hydrogens is 536 g/mol. The topological polar surface area (TPSA) is 96.5 Å². The van der Waals surface area contributed by atoms with Gasteiger partial charge in [0.2, 0.25) is 5.88 Å². The van der Waals surface area contributed by atoms with Crippen molar-refractivity contribution >= 4 is 23.0 Å². The van der Waals surface area contributed by atoms with Crippen LogP contribution in [0.25, 0.3) is 33.4 Å². The summed E-state index contributed by atoms with van der Waals surface area (Å²) < 4.78 is 19.1. The van der Waals surface area contributed by atoms with Gasteiger partial charge in [-0.25, -0.2) is 4.99 Å². The maximum absolute atomic E-state index is 10.3. The third-order valence-electron chi connectivity index (χ3n) is 7.35. The van der Waals surface area contributed by atoms with Gasteiger partial charge in [0.05, 0.1) is 25.9 Å². The predicted octanol–water partition coefficient (Wildman–Crippen LogP) is 8.13. The van der Waals surface area contributed by atoms with E-state index in [2.05, 4.69) is 16.7 Å². The molecule has 0 aliphatic rings. The van der Waals surface area contributed by atoms with E-state index >= 15 is 0 Å². The number of nitriles is 2. The van der Waals surface area contributed by atoms with E-state index in [0.29, 0.717) is 40.5 Å². The number of rotatable bonds is 8. The number of benzene rings is 4. The van der Waals surface area contributed by atoms with Crippen molar-refractivity contribution in [1.29, 1.82) is 10.5 Å². The van der Waals surface area contributed by atoms with Crippen molar-refractivity contribution in [2.75, 3.05) is 14.2 Å². The van der Waals surface area contributed by atoms with E-state index < -0.39 is 0 Å². The van der Waals surface area contributed by atoms with Gasteiger partial charge in [0.15, 0.2) is 0 Å². The van der Waals surface area contributed by atoms with Gasteiger partial charge in [0, 0.05) is 46.5 Å². The van der Waals surface area contributed by atoms with Crippen LogP contribution in [0.5, 0.6) is 11.5 Å². The molecule has 0 atom stereocenters. The van der Waals surface area contributed by atoms with Gasteiger partial charge >= 0.3 is 0 Å². The Morgan fingerprint density at radius 1 is 0.791 bits per heavy atom. The zero-order valence-corrected chi connectivity index (χ0v) is 23.6. The second-order valence-corrected chi connectivity index (χ2v) is 9.81. The smallest absolute Gasteiger partial charge is 0.238 e. The van der Waals surface area contributed by atoms with Crippen LogP contribution < -0.4 is 9.47 Å². The van der Waals surface area contributed by atoms with Gasteiger partial charge in [-0.2, -0.15) is 10.5 Å². The lowest BCUT2D eigenvalue weighted by Crippen LogP contribution is -2.00. The molecule has 2 aromatic heterocycles. The van der Waals surface area contributed by atoms with Gasteiger partial charge < -0.3 is 18.5 Å². The zero-order valence-electron chi connectivity index (χ0n) is 23.6. The van der Waals surface area contributed by atoms with Crippen LogP contribution in [0.4, 0.5) is 5.88 Å². The lowest BCUT2D eigenvalue weighted by molar-refractivity contribution is 0.414. The average molecular weight is 563 g/mol. The molecule has 6 aromatic rings. The molecule has 0 fully saturated rings. The number of hydrogen-bond donors (Lipinski definition) is 0. The van der Waals surface area contributed by atoms with Crippen LogP contribution in [-0.4, -0.2) is 25.0 Å². The largest absolute Gasteiger partial charge is 0.497 e. The summed E-state index contributed by atoms with van der Waals surface area (Å²) >= 11 is 0. The fraction of sp³-hybridized carbons (Fsp3) is 0.0833. The van der Waals surface area contributed by atoms with Gasteiger partial charge in [-0.05, 0) is 59.7 Å². The molecule has 0 radical (unpaired) electrons. The minimum Gasteiger partial charge on any atom is -0.497 e. The summed E-state index contributed by atoms with van der Waals surface area (Å²) in [7, 11) is 3.23. The summed E-state index contributed by atoms with van der Waals surface area (Å²) in [6.07, 6.45) is 3.73. The molecule has 6 rings (SSSR count). The summed E-state index contributed by atoms with van der Waals surface area (Å²) in [6.45, 7) is 0.533. The summed E-state index contributed by atoms with van der Waals surface area (Å²) in [5, 5.41) is 20.9. The molecule has 0 saturated heterocycles. The standard InChI is InChI=1S/C36H26N4O3/c1-41-29-15-11-24(12-16-29)34-32(20-38)36(43-35(34)25-13-17-30(42-2)18-14-25)39-21-28-23-40(33-10-6-5-9-31(28)33)22-27-8-4-3-7-26(27)19-37/h3-18,21,23H,22H2,1-2H3. The zero-order chi connectivity index (χ0) is 29.8. The molecule has 7 heteroatoms. The van der Waals surface area contributed by atoms with E-state index in [9.17, 15) is 10.5 Å². The first-order valence-corrected chi connectivity index (χ1v) is 13.6. The lowest BCUT2D eigenvalue weighted by atomic mass is 9.98. The molecule has 0 saturated carbocycles. The Bertz CT molecular complexity index is 2040. The van der Waals surface area contributed by atoms with E-state index in [1.54, 1.807) is 20.4 Å². The van der Waals surface area contributed by atoms with Gasteiger partial charge in [-0.15, -0.1) is 0 Å². The Morgan fingerprint density at radius 3 is 2.12 bits per heavy atom. The van der Waals surface area contributed by atoms with Crippen molar-refractivity contribution in [2.24, 2.45) is 4.99 Å². The molecule has 2 heterocycles. The molecule has 0 amide bonds. The van der Waals surface area contributed by atoms with Crippen molar-refractivity contribution < 1.29 is 13.9 Å². The normalized spacial score (nSPS) is 11.0. The minimum absolute atomic E-state index is 0.214. The number of para-hydroxylation sites is 1. The number of ether oxygens (including phenoxy) is 2. The van der Waals surface area contributed by atoms with Crippen molar-refractivity contribution in [2.45, 2.75) is 6.54 Å². The number of furan rings is 1. The van der Waals surface area contributed by atoms with E-state index in [1.807, 2.05) is 103 Å². The number of fused-ring (bicyclic) bond motifs is 1. The summed E-state index contributed by atoms with van der Waals surface area (Å²) in [4.78, 5) is 4.72. The first-order chi connectivity index (χ1) is 21.1. The Balaban J connectivity index is 1.45. The molecule has 0 aliphatic heterocycles. The maximum atomic E-state index is 10.3. The first kappa shape index (κ1) is 27.1. The second-order valence-electron chi connectivity index (χ2n) is 9.81. The second kappa shape index (κ2) is 11.8. The van der Waals surface area contributed by atoms with E-state index in [0.717, 1.165) is 33.2 Å². The van der Waals surface area contributed by atoms with Gasteiger partial charge in [0.25, 0.3) is 0 Å². The molecule has 43 heavy (non-hydrogen) atoms. The van der Waals surface area contributed by atoms with Crippen LogP contribution in [-0.2, 0) is 6.54 Å². The maximum Gasteiger partial charge on any atom is 0.238 e. The van der Waals surface area contributed by atoms with Gasteiger partial charge in [0.1, 0.15) is 28.9 Å². The fourth-order valence-electron chi connectivity index (χ4n) is 5.18. The molecule has 0 unspecified atom stereocenters. The Morgan fingerprint density at radius 2 is 1.44 bits per heavy atom. The fourth-order valence-corrected chi connectivity index (χ4v) is 5.18. The van der Waals surface area contributed by atoms with Crippen molar-refractivity contribution in [3.05, 3.63) is 126 Å². The lowest BCUT2D eigenvalue weighted by Gasteiger charge is -2.07. The molecule has 0 spiro atoms. The SMILES string of the molecule is COc1ccc(-c2oc(N=Cc3cn(Cc4ccccc4C#N)c4ccccc34)c(C#N)c2-c2ccc(OC)cc2)cc1. The average Bonchev–Trinajstić information content (AvgIpc) is 3.62. The third-order valence-corrected chi connectivity index (χ3v) is 7.35. The highest BCUT2D eigenvalue weighted by atomic mass is 16.5. The molecule has 4 aromatic carbocycles. The number of hydrogen-bond acceptors (Lipinski definition) is 6. The van der Waals surface area contributed by atoms with Crippen LogP contribution >= 0.6 is 0 Å². The molecule has 0 bridgehead atoms. The van der Waals surface area contributed by atoms with Gasteiger partial charge in [-0.1, -0.05) is 48.5 Å². The highest BCUT2D eigenvalue weighted by Crippen LogP contribution is 2.43. The first-order valence-electron chi connectivity index (χ1n) is 13.6. The van der Waals surface area contributed by atoms with Crippen LogP contribution in [0.15, 0.2) is 113 Å². The predicted molar refractivity (Wildman–Crippen MR) is 167 cm³/mol. The van der Waals surface area contributed by atoms with Crippen molar-refractivity contribution in [1.82, 2.24) is 4.57 Å². The van der Waals surface area contributed by atoms with E-state index in [1.165, 1.54) is 0 Å². The molecule has 0 aliphatic carbocycles. The number of nitrogens with zero attached hydrogens (tertiary/aromatic N) is 4. The highest BCUT2D eigenvalue weighted by Gasteiger charge is 2.23. The Hall–Kier alpha value is -6.05. The number of aliphatic imine (C=N–C) groups is 1. The minimum atomic E-state index is 0.214.